The molecule has 1 unspecified atom stereocenters. The van der Waals surface area contributed by atoms with E-state index in [0.717, 1.165) is 18.4 Å². The molecule has 136 valence electrons. The van der Waals surface area contributed by atoms with Crippen LogP contribution in [0.2, 0.25) is 0 Å². The number of carbonyl (C=O) groups is 2. The lowest BCUT2D eigenvalue weighted by molar-refractivity contribution is 0.0719. The SMILES string of the molecule is CC(C)CC1Cn2nnc(C(=O)N3CCc4ccccc4C3)c2C(=O)N1. The van der Waals surface area contributed by atoms with Gasteiger partial charge in [0.1, 0.15) is 0 Å². The van der Waals surface area contributed by atoms with E-state index in [4.69, 9.17) is 0 Å². The zero-order chi connectivity index (χ0) is 18.3. The van der Waals surface area contributed by atoms with Gasteiger partial charge in [-0.1, -0.05) is 43.3 Å². The molecule has 2 aliphatic rings. The van der Waals surface area contributed by atoms with Gasteiger partial charge in [-0.2, -0.15) is 0 Å². The van der Waals surface area contributed by atoms with Gasteiger partial charge in [-0.05, 0) is 29.9 Å². The minimum atomic E-state index is -0.257. The van der Waals surface area contributed by atoms with E-state index in [2.05, 4.69) is 35.5 Å². The Hall–Kier alpha value is -2.70. The molecule has 2 aliphatic heterocycles. The highest BCUT2D eigenvalue weighted by Crippen LogP contribution is 2.22. The molecule has 0 saturated carbocycles. The van der Waals surface area contributed by atoms with E-state index >= 15 is 0 Å². The quantitative estimate of drug-likeness (QED) is 0.910. The van der Waals surface area contributed by atoms with Gasteiger partial charge >= 0.3 is 0 Å². The maximum Gasteiger partial charge on any atom is 0.277 e. The van der Waals surface area contributed by atoms with Gasteiger partial charge in [0, 0.05) is 19.1 Å². The number of rotatable bonds is 3. The van der Waals surface area contributed by atoms with E-state index in [-0.39, 0.29) is 29.2 Å². The third-order valence-corrected chi connectivity index (χ3v) is 5.06. The molecule has 1 aromatic heterocycles. The fourth-order valence-corrected chi connectivity index (χ4v) is 3.84. The summed E-state index contributed by atoms with van der Waals surface area (Å²) in [5.41, 5.74) is 2.86. The highest BCUT2D eigenvalue weighted by atomic mass is 16.2. The highest BCUT2D eigenvalue weighted by Gasteiger charge is 2.34. The Morgan fingerprint density at radius 3 is 2.85 bits per heavy atom. The van der Waals surface area contributed by atoms with Crippen molar-refractivity contribution in [1.82, 2.24) is 25.2 Å². The number of hydrogen-bond donors (Lipinski definition) is 1. The molecule has 4 rings (SSSR count). The van der Waals surface area contributed by atoms with Gasteiger partial charge in [0.2, 0.25) is 0 Å². The van der Waals surface area contributed by atoms with Crippen LogP contribution in [-0.2, 0) is 19.5 Å². The summed E-state index contributed by atoms with van der Waals surface area (Å²) in [4.78, 5) is 27.3. The van der Waals surface area contributed by atoms with E-state index < -0.39 is 0 Å². The van der Waals surface area contributed by atoms with Gasteiger partial charge in [-0.15, -0.1) is 5.10 Å². The van der Waals surface area contributed by atoms with Gasteiger partial charge in [0.25, 0.3) is 11.8 Å². The molecule has 0 saturated heterocycles. The smallest absolute Gasteiger partial charge is 0.277 e. The van der Waals surface area contributed by atoms with Crippen molar-refractivity contribution in [2.45, 2.75) is 45.8 Å². The molecule has 0 bridgehead atoms. The monoisotopic (exact) mass is 353 g/mol. The van der Waals surface area contributed by atoms with Crippen molar-refractivity contribution in [2.75, 3.05) is 6.54 Å². The lowest BCUT2D eigenvalue weighted by Crippen LogP contribution is -2.46. The molecular weight excluding hydrogens is 330 g/mol. The summed E-state index contributed by atoms with van der Waals surface area (Å²) < 4.78 is 1.58. The number of aromatic nitrogens is 3. The number of benzene rings is 1. The summed E-state index contributed by atoms with van der Waals surface area (Å²) in [6.45, 7) is 5.96. The fourth-order valence-electron chi connectivity index (χ4n) is 3.84. The second-order valence-corrected chi connectivity index (χ2v) is 7.51. The largest absolute Gasteiger partial charge is 0.346 e. The van der Waals surface area contributed by atoms with E-state index in [0.29, 0.717) is 25.6 Å². The van der Waals surface area contributed by atoms with Crippen LogP contribution in [0.5, 0.6) is 0 Å². The number of carbonyl (C=O) groups excluding carboxylic acids is 2. The van der Waals surface area contributed by atoms with E-state index in [1.807, 2.05) is 18.2 Å². The molecule has 2 aromatic rings. The Labute approximate surface area is 152 Å². The standard InChI is InChI=1S/C19H23N5O2/c1-12(2)9-15-11-24-17(18(25)20-15)16(21-22-24)19(26)23-8-7-13-5-3-4-6-14(13)10-23/h3-6,12,15H,7-11H2,1-2H3,(H,20,25). The first-order valence-corrected chi connectivity index (χ1v) is 9.13. The third kappa shape index (κ3) is 2.98. The van der Waals surface area contributed by atoms with E-state index in [1.165, 1.54) is 5.56 Å². The van der Waals surface area contributed by atoms with Crippen LogP contribution in [0, 0.1) is 5.92 Å². The average Bonchev–Trinajstić information content (AvgIpc) is 3.04. The normalized spacial score (nSPS) is 19.1. The molecule has 7 nitrogen and oxygen atoms in total. The Morgan fingerprint density at radius 2 is 2.08 bits per heavy atom. The van der Waals surface area contributed by atoms with Crippen LogP contribution in [0.3, 0.4) is 0 Å². The molecule has 1 atom stereocenters. The molecule has 1 N–H and O–H groups in total. The minimum absolute atomic E-state index is 0.0292. The lowest BCUT2D eigenvalue weighted by Gasteiger charge is -2.29. The summed E-state index contributed by atoms with van der Waals surface area (Å²) in [6, 6.07) is 8.17. The molecule has 0 aliphatic carbocycles. The first-order valence-electron chi connectivity index (χ1n) is 9.13. The lowest BCUT2D eigenvalue weighted by atomic mass is 9.99. The van der Waals surface area contributed by atoms with Crippen LogP contribution in [0.1, 0.15) is 52.4 Å². The van der Waals surface area contributed by atoms with Crippen molar-refractivity contribution in [3.8, 4) is 0 Å². The van der Waals surface area contributed by atoms with Crippen LogP contribution in [0.4, 0.5) is 0 Å². The third-order valence-electron chi connectivity index (χ3n) is 5.06. The number of nitrogens with one attached hydrogen (secondary N) is 1. The predicted octanol–water partition coefficient (Wildman–Crippen LogP) is 1.63. The number of amides is 2. The zero-order valence-corrected chi connectivity index (χ0v) is 15.1. The Balaban J connectivity index is 1.56. The maximum absolute atomic E-state index is 13.0. The Morgan fingerprint density at radius 1 is 1.31 bits per heavy atom. The van der Waals surface area contributed by atoms with Crippen molar-refractivity contribution in [1.29, 1.82) is 0 Å². The van der Waals surface area contributed by atoms with Crippen LogP contribution in [-0.4, -0.2) is 44.3 Å². The summed E-state index contributed by atoms with van der Waals surface area (Å²) in [7, 11) is 0. The second-order valence-electron chi connectivity index (χ2n) is 7.51. The molecule has 2 amide bonds. The van der Waals surface area contributed by atoms with Gasteiger partial charge in [0.15, 0.2) is 11.4 Å². The van der Waals surface area contributed by atoms with Crippen LogP contribution >= 0.6 is 0 Å². The molecule has 0 spiro atoms. The van der Waals surface area contributed by atoms with Crippen molar-refractivity contribution in [2.24, 2.45) is 5.92 Å². The number of fused-ring (bicyclic) bond motifs is 2. The summed E-state index contributed by atoms with van der Waals surface area (Å²) in [5.74, 6) is -0.00855. The number of nitrogens with zero attached hydrogens (tertiary/aromatic N) is 4. The predicted molar refractivity (Wildman–Crippen MR) is 95.6 cm³/mol. The Bertz CT molecular complexity index is 857. The fraction of sp³-hybridized carbons (Fsp3) is 0.474. The van der Waals surface area contributed by atoms with Gasteiger partial charge in [-0.3, -0.25) is 9.59 Å². The molecule has 26 heavy (non-hydrogen) atoms. The summed E-state index contributed by atoms with van der Waals surface area (Å²) in [5, 5.41) is 11.1. The Kier molecular flexibility index (Phi) is 4.22. The highest BCUT2D eigenvalue weighted by molar-refractivity contribution is 6.05. The molecule has 1 aromatic carbocycles. The van der Waals surface area contributed by atoms with Crippen LogP contribution in [0.25, 0.3) is 0 Å². The van der Waals surface area contributed by atoms with Gasteiger partial charge in [-0.25, -0.2) is 4.68 Å². The zero-order valence-electron chi connectivity index (χ0n) is 15.1. The molecular formula is C19H23N5O2. The summed E-state index contributed by atoms with van der Waals surface area (Å²) in [6.07, 6.45) is 1.69. The van der Waals surface area contributed by atoms with Crippen molar-refractivity contribution < 1.29 is 9.59 Å². The summed E-state index contributed by atoms with van der Waals surface area (Å²) >= 11 is 0. The molecule has 0 fully saturated rings. The number of hydrogen-bond acceptors (Lipinski definition) is 4. The van der Waals surface area contributed by atoms with Crippen molar-refractivity contribution in [3.05, 3.63) is 46.8 Å². The van der Waals surface area contributed by atoms with Crippen LogP contribution in [0.15, 0.2) is 24.3 Å². The molecule has 3 heterocycles. The second kappa shape index (κ2) is 6.55. The molecule has 0 radical (unpaired) electrons. The molecule has 7 heteroatoms. The first-order chi connectivity index (χ1) is 12.5. The van der Waals surface area contributed by atoms with Gasteiger partial charge in [0.05, 0.1) is 6.54 Å². The van der Waals surface area contributed by atoms with Crippen molar-refractivity contribution in [3.63, 3.8) is 0 Å². The maximum atomic E-state index is 13.0. The van der Waals surface area contributed by atoms with Gasteiger partial charge < -0.3 is 10.2 Å². The average molecular weight is 353 g/mol. The minimum Gasteiger partial charge on any atom is -0.346 e. The van der Waals surface area contributed by atoms with E-state index in [1.54, 1.807) is 9.58 Å². The first kappa shape index (κ1) is 16.8. The van der Waals surface area contributed by atoms with Crippen LogP contribution < -0.4 is 5.32 Å². The topological polar surface area (TPSA) is 80.1 Å². The van der Waals surface area contributed by atoms with E-state index in [9.17, 15) is 9.59 Å². The van der Waals surface area contributed by atoms with Crippen molar-refractivity contribution >= 4 is 11.8 Å².